The molecule has 0 bridgehead atoms. The molecule has 4 aliphatic rings. The van der Waals surface area contributed by atoms with Crippen molar-refractivity contribution in [2.75, 3.05) is 0 Å². The summed E-state index contributed by atoms with van der Waals surface area (Å²) < 4.78 is 1.41. The van der Waals surface area contributed by atoms with E-state index in [4.69, 9.17) is 0 Å². The summed E-state index contributed by atoms with van der Waals surface area (Å²) in [6.07, 6.45) is 13.5. The van der Waals surface area contributed by atoms with Crippen LogP contribution in [-0.2, 0) is 28.1 Å². The van der Waals surface area contributed by atoms with Crippen molar-refractivity contribution in [3.63, 3.8) is 0 Å². The van der Waals surface area contributed by atoms with Gasteiger partial charge in [-0.25, -0.2) is 0 Å². The Hall–Kier alpha value is -0.800. The summed E-state index contributed by atoms with van der Waals surface area (Å²) in [7, 11) is 38.2. The normalized spacial score (nSPS) is 24.1. The molecule has 0 spiro atoms. The van der Waals surface area contributed by atoms with Gasteiger partial charge in [0.15, 0.2) is 0 Å². The summed E-state index contributed by atoms with van der Waals surface area (Å²) in [6, 6.07) is 36.1. The molecule has 294 valence electrons. The molecule has 4 aromatic carbocycles. The van der Waals surface area contributed by atoms with E-state index in [9.17, 15) is 34.1 Å². The molecule has 0 saturated heterocycles. The van der Waals surface area contributed by atoms with Crippen LogP contribution in [-0.4, -0.2) is 13.3 Å². The fraction of sp³-hybridized carbons (Fsp3) is 0.333. The maximum absolute atomic E-state index is 9.54. The Morgan fingerprint density at radius 3 is 0.804 bits per heavy atom. The number of rotatable bonds is 13. The Kier molecular flexibility index (Phi) is 10.4. The van der Waals surface area contributed by atoms with Crippen LogP contribution < -0.4 is 0 Å². The van der Waals surface area contributed by atoms with Gasteiger partial charge in [0, 0.05) is 0 Å². The van der Waals surface area contributed by atoms with Crippen LogP contribution in [0.25, 0.3) is 24.3 Å². The summed E-state index contributed by atoms with van der Waals surface area (Å²) >= 11 is -11.9. The van der Waals surface area contributed by atoms with E-state index >= 15 is 0 Å². The fourth-order valence-corrected chi connectivity index (χ4v) is 133. The predicted octanol–water partition coefficient (Wildman–Crippen LogP) is 15.3. The molecule has 4 aliphatic carbocycles. The molecule has 4 unspecified atom stereocenters. The standard InChI is InChI=1S/4C11H11.C2H4.2CH5Si.4ClH.2Zr/c4*1-2-9-7-10-5-3-4-6-11(10)8-9;3*1-2;;;;;;/h4*3-8H,2H2,1H3;1-2H2;2*2H2,1H3;4*1H;;/q;;;;;;;;;;;2*+2/p-4. The van der Waals surface area contributed by atoms with Gasteiger partial charge in [0.1, 0.15) is 0 Å². The van der Waals surface area contributed by atoms with Crippen molar-refractivity contribution in [1.29, 1.82) is 0 Å². The molecular formula is C48H58Cl4Si2Zr2. The van der Waals surface area contributed by atoms with E-state index in [1.165, 1.54) is 66.8 Å². The van der Waals surface area contributed by atoms with Gasteiger partial charge in [-0.05, 0) is 0 Å². The molecule has 4 aromatic rings. The molecule has 8 heteroatoms. The zero-order valence-corrected chi connectivity index (χ0v) is 44.8. The van der Waals surface area contributed by atoms with Gasteiger partial charge in [-0.2, -0.15) is 0 Å². The summed E-state index contributed by atoms with van der Waals surface area (Å²) in [5, 5.41) is 0. The van der Waals surface area contributed by atoms with Crippen LogP contribution in [0.1, 0.15) is 112 Å². The molecular weight excluding hydrogens is 957 g/mol. The zero-order chi connectivity index (χ0) is 39.9. The third kappa shape index (κ3) is 5.65. The van der Waals surface area contributed by atoms with Crippen molar-refractivity contribution >= 4 is 71.6 Å². The van der Waals surface area contributed by atoms with Gasteiger partial charge >= 0.3 is 353 Å². The van der Waals surface area contributed by atoms with E-state index in [2.05, 4.69) is 162 Å². The monoisotopic (exact) mass is 1010 g/mol. The van der Waals surface area contributed by atoms with Gasteiger partial charge in [0.05, 0.1) is 0 Å². The van der Waals surface area contributed by atoms with Crippen molar-refractivity contribution in [3.8, 4) is 0 Å². The number of benzene rings is 4. The van der Waals surface area contributed by atoms with Gasteiger partial charge < -0.3 is 0 Å². The molecule has 0 amide bonds. The first-order valence-corrected chi connectivity index (χ1v) is 57.9. The molecule has 0 N–H and O–H groups in total. The van der Waals surface area contributed by atoms with Crippen LogP contribution in [0.5, 0.6) is 0 Å². The molecule has 0 saturated carbocycles. The first-order valence-electron chi connectivity index (χ1n) is 21.4. The quantitative estimate of drug-likeness (QED) is 0.117. The van der Waals surface area contributed by atoms with Crippen LogP contribution in [0.2, 0.25) is 21.4 Å². The van der Waals surface area contributed by atoms with Crippen LogP contribution in [0.3, 0.4) is 0 Å². The third-order valence-electron chi connectivity index (χ3n) is 16.2. The molecule has 4 atom stereocenters. The zero-order valence-electron chi connectivity index (χ0n) is 34.0. The minimum absolute atomic E-state index is 0.0145. The van der Waals surface area contributed by atoms with Crippen LogP contribution >= 0.6 is 34.1 Å². The topological polar surface area (TPSA) is 0 Å². The molecule has 0 nitrogen and oxygen atoms in total. The number of allylic oxidation sites excluding steroid dienone is 4. The first-order chi connectivity index (χ1) is 26.6. The second-order valence-electron chi connectivity index (χ2n) is 18.3. The maximum atomic E-state index is 9.54. The predicted molar refractivity (Wildman–Crippen MR) is 252 cm³/mol. The van der Waals surface area contributed by atoms with Gasteiger partial charge in [-0.15, -0.1) is 0 Å². The molecule has 0 fully saturated rings. The number of hydrogen-bond donors (Lipinski definition) is 0. The van der Waals surface area contributed by atoms with E-state index in [-0.39, 0.29) is 14.5 Å². The summed E-state index contributed by atoms with van der Waals surface area (Å²) in [6.45, 7) is 11.9. The van der Waals surface area contributed by atoms with Crippen LogP contribution in [0.4, 0.5) is 0 Å². The molecule has 8 rings (SSSR count). The fourth-order valence-electron chi connectivity index (χ4n) is 13.3. The Morgan fingerprint density at radius 1 is 0.393 bits per heavy atom. The van der Waals surface area contributed by atoms with E-state index in [1.807, 2.05) is 0 Å². The number of fused-ring (bicyclic) bond motifs is 4. The Bertz CT molecular complexity index is 2120. The molecule has 0 radical (unpaired) electrons. The summed E-state index contributed by atoms with van der Waals surface area (Å²) in [5.74, 6) is 0. The third-order valence-corrected chi connectivity index (χ3v) is 128. The van der Waals surface area contributed by atoms with Crippen molar-refractivity contribution in [1.82, 2.24) is 0 Å². The van der Waals surface area contributed by atoms with E-state index in [0.29, 0.717) is 0 Å². The van der Waals surface area contributed by atoms with Gasteiger partial charge in [-0.1, -0.05) is 0 Å². The average Bonchev–Trinajstić information content (AvgIpc) is 4.01. The number of hydrogen-bond acceptors (Lipinski definition) is 0. The van der Waals surface area contributed by atoms with Crippen molar-refractivity contribution in [2.45, 2.75) is 89.2 Å². The van der Waals surface area contributed by atoms with Crippen LogP contribution in [0.15, 0.2) is 119 Å². The van der Waals surface area contributed by atoms with Crippen molar-refractivity contribution in [2.24, 2.45) is 0 Å². The van der Waals surface area contributed by atoms with Gasteiger partial charge in [0.25, 0.3) is 0 Å². The Morgan fingerprint density at radius 2 is 0.607 bits per heavy atom. The van der Waals surface area contributed by atoms with Gasteiger partial charge in [0.2, 0.25) is 0 Å². The van der Waals surface area contributed by atoms with Crippen molar-refractivity contribution < 1.29 is 28.1 Å². The summed E-state index contributed by atoms with van der Waals surface area (Å²) in [5.41, 5.74) is 16.1. The second kappa shape index (κ2) is 13.9. The molecule has 0 aliphatic heterocycles. The minimum atomic E-state index is -5.94. The van der Waals surface area contributed by atoms with Gasteiger partial charge in [-0.3, -0.25) is 0 Å². The van der Waals surface area contributed by atoms with E-state index < -0.39 is 41.4 Å². The van der Waals surface area contributed by atoms with E-state index in [0.717, 1.165) is 33.9 Å². The second-order valence-corrected chi connectivity index (χ2v) is 125. The number of halogens is 4. The van der Waals surface area contributed by atoms with Crippen molar-refractivity contribution in [3.05, 3.63) is 164 Å². The Labute approximate surface area is 348 Å². The first kappa shape index (κ1) is 41.9. The Balaban J connectivity index is 1.49. The van der Waals surface area contributed by atoms with E-state index in [1.54, 1.807) is 0 Å². The molecule has 56 heavy (non-hydrogen) atoms. The summed E-state index contributed by atoms with van der Waals surface area (Å²) in [4.78, 5) is 0. The molecule has 0 aromatic heterocycles. The molecule has 0 heterocycles. The SMILES string of the molecule is CCC1=Cc2ccccc2[CH]1[Zr]([Cl])([Cl])([CH2][CH2][Zr]([Cl])([Cl])([SiH2]C)([CH]1C(CC)=Cc2ccccc21)[CH]1C(CC)=Cc2ccccc21)([SiH2]C)[CH]1C(CC)=Cc2ccccc21. The average molecular weight is 1020 g/mol. The van der Waals surface area contributed by atoms with Crippen LogP contribution in [0, 0.1) is 0 Å².